The molecule has 0 bridgehead atoms. The van der Waals surface area contributed by atoms with E-state index in [1.807, 2.05) is 6.07 Å². The number of hydrazone groups is 1. The van der Waals surface area contributed by atoms with E-state index in [1.54, 1.807) is 36.4 Å². The number of amides is 1. The van der Waals surface area contributed by atoms with Crippen LogP contribution in [0.2, 0.25) is 15.1 Å². The molecule has 0 aliphatic carbocycles. The van der Waals surface area contributed by atoms with E-state index in [9.17, 15) is 4.79 Å². The summed E-state index contributed by atoms with van der Waals surface area (Å²) in [7, 11) is 0. The highest BCUT2D eigenvalue weighted by atomic mass is 35.5. The molecular weight excluding hydrogens is 455 g/mol. The van der Waals surface area contributed by atoms with Crippen molar-refractivity contribution in [3.8, 4) is 5.75 Å². The molecule has 6 nitrogen and oxygen atoms in total. The van der Waals surface area contributed by atoms with E-state index in [-0.39, 0.29) is 18.0 Å². The Morgan fingerprint density at radius 2 is 1.93 bits per heavy atom. The molecule has 4 rings (SSSR count). The highest BCUT2D eigenvalue weighted by Crippen LogP contribution is 2.30. The maximum atomic E-state index is 12.2. The second kappa shape index (κ2) is 8.20. The summed E-state index contributed by atoms with van der Waals surface area (Å²) in [6.07, 6.45) is 1.55. The van der Waals surface area contributed by atoms with Crippen molar-refractivity contribution < 1.29 is 9.53 Å². The molecule has 0 saturated heterocycles. The molecule has 0 saturated carbocycles. The quantitative estimate of drug-likeness (QED) is 0.607. The number of ether oxygens (including phenoxy) is 1. The van der Waals surface area contributed by atoms with Gasteiger partial charge in [0.2, 0.25) is 0 Å². The number of benzene rings is 2. The van der Waals surface area contributed by atoms with Gasteiger partial charge in [0.15, 0.2) is 11.0 Å². The maximum Gasteiger partial charge on any atom is 0.283 e. The smallest absolute Gasteiger partial charge is 0.283 e. The number of fused-ring (bicyclic) bond motifs is 1. The average Bonchev–Trinajstić information content (AvgIpc) is 3.15. The van der Waals surface area contributed by atoms with Crippen LogP contribution in [0.15, 0.2) is 52.1 Å². The van der Waals surface area contributed by atoms with E-state index >= 15 is 0 Å². The van der Waals surface area contributed by atoms with Crippen molar-refractivity contribution in [3.63, 3.8) is 0 Å². The second-order valence-electron chi connectivity index (χ2n) is 5.98. The molecule has 0 unspecified atom stereocenters. The third-order valence-corrected chi connectivity index (χ3v) is 5.75. The van der Waals surface area contributed by atoms with Crippen LogP contribution in [0.25, 0.3) is 6.08 Å². The molecule has 0 aromatic heterocycles. The standard InChI is InChI=1S/C19H11Cl3N4O2S/c20-13-3-1-11(7-14(13)21)8-28-16-4-2-10(6-15(16)22)5-12-17(23)26-19(25-18(12)27)29-9-24-26/h1-7,9,23H,8H2/b12-5+,23-17?. The number of hydrogen-bond acceptors (Lipinski definition) is 5. The molecule has 146 valence electrons. The lowest BCUT2D eigenvalue weighted by atomic mass is 10.1. The molecule has 2 aliphatic rings. The molecule has 2 heterocycles. The number of hydrogen-bond donors (Lipinski definition) is 1. The van der Waals surface area contributed by atoms with Gasteiger partial charge in [-0.2, -0.15) is 15.1 Å². The number of thioether (sulfide) groups is 1. The molecule has 29 heavy (non-hydrogen) atoms. The lowest BCUT2D eigenvalue weighted by Gasteiger charge is -2.20. The monoisotopic (exact) mass is 464 g/mol. The number of aliphatic imine (C=N–C) groups is 1. The second-order valence-corrected chi connectivity index (χ2v) is 8.02. The molecule has 1 N–H and O–H groups in total. The molecule has 0 atom stereocenters. The van der Waals surface area contributed by atoms with Gasteiger partial charge in [-0.1, -0.05) is 46.9 Å². The Hall–Kier alpha value is -2.32. The van der Waals surface area contributed by atoms with Gasteiger partial charge in [-0.05, 0) is 53.2 Å². The minimum Gasteiger partial charge on any atom is -0.487 e. The summed E-state index contributed by atoms with van der Waals surface area (Å²) in [5.74, 6) is -0.0431. The van der Waals surface area contributed by atoms with Crippen molar-refractivity contribution in [2.24, 2.45) is 10.1 Å². The van der Waals surface area contributed by atoms with E-state index in [0.29, 0.717) is 31.5 Å². The summed E-state index contributed by atoms with van der Waals surface area (Å²) >= 11 is 19.4. The summed E-state index contributed by atoms with van der Waals surface area (Å²) in [4.78, 5) is 16.2. The SMILES string of the molecule is N=C1/C(=C\c2ccc(OCc3ccc(Cl)c(Cl)c3)c(Cl)c2)C(=O)N=C2SC=NN12. The van der Waals surface area contributed by atoms with Crippen LogP contribution in [0, 0.1) is 5.41 Å². The van der Waals surface area contributed by atoms with Gasteiger partial charge in [0.25, 0.3) is 5.91 Å². The van der Waals surface area contributed by atoms with Gasteiger partial charge in [0.1, 0.15) is 12.4 Å². The molecule has 0 spiro atoms. The molecule has 0 radical (unpaired) electrons. The number of halogens is 3. The summed E-state index contributed by atoms with van der Waals surface area (Å²) in [5.41, 5.74) is 3.15. The van der Waals surface area contributed by atoms with E-state index in [2.05, 4.69) is 10.1 Å². The van der Waals surface area contributed by atoms with Crippen LogP contribution in [0.5, 0.6) is 5.75 Å². The average molecular weight is 466 g/mol. The van der Waals surface area contributed by atoms with Crippen molar-refractivity contribution in [1.82, 2.24) is 5.01 Å². The van der Waals surface area contributed by atoms with Crippen LogP contribution in [0.4, 0.5) is 0 Å². The van der Waals surface area contributed by atoms with Gasteiger partial charge in [0.05, 0.1) is 26.2 Å². The zero-order valence-corrected chi connectivity index (χ0v) is 17.6. The molecule has 10 heteroatoms. The van der Waals surface area contributed by atoms with Crippen LogP contribution in [-0.4, -0.2) is 27.5 Å². The van der Waals surface area contributed by atoms with Crippen molar-refractivity contribution in [2.45, 2.75) is 6.61 Å². The first-order valence-electron chi connectivity index (χ1n) is 8.21. The van der Waals surface area contributed by atoms with E-state index in [1.165, 1.54) is 22.3 Å². The number of carbonyl (C=O) groups excluding carboxylic acids is 1. The maximum absolute atomic E-state index is 12.2. The minimum atomic E-state index is -0.490. The van der Waals surface area contributed by atoms with Gasteiger partial charge < -0.3 is 4.74 Å². The number of nitrogens with zero attached hydrogens (tertiary/aromatic N) is 3. The highest BCUT2D eigenvalue weighted by molar-refractivity contribution is 8.25. The lowest BCUT2D eigenvalue weighted by Crippen LogP contribution is -2.35. The Morgan fingerprint density at radius 1 is 1.10 bits per heavy atom. The highest BCUT2D eigenvalue weighted by Gasteiger charge is 2.32. The van der Waals surface area contributed by atoms with Crippen LogP contribution < -0.4 is 4.74 Å². The van der Waals surface area contributed by atoms with Crippen LogP contribution >= 0.6 is 46.6 Å². The van der Waals surface area contributed by atoms with Gasteiger partial charge in [0, 0.05) is 0 Å². The van der Waals surface area contributed by atoms with Crippen molar-refractivity contribution in [3.05, 3.63) is 68.2 Å². The van der Waals surface area contributed by atoms with Crippen LogP contribution in [0.3, 0.4) is 0 Å². The zero-order chi connectivity index (χ0) is 20.5. The van der Waals surface area contributed by atoms with Gasteiger partial charge >= 0.3 is 0 Å². The van der Waals surface area contributed by atoms with Gasteiger partial charge in [-0.25, -0.2) is 0 Å². The minimum absolute atomic E-state index is 0.0303. The Balaban J connectivity index is 1.52. The molecule has 0 fully saturated rings. The fraction of sp³-hybridized carbons (Fsp3) is 0.0526. The first-order valence-corrected chi connectivity index (χ1v) is 10.2. The molecule has 1 amide bonds. The van der Waals surface area contributed by atoms with Gasteiger partial charge in [-0.3, -0.25) is 10.2 Å². The van der Waals surface area contributed by atoms with E-state index in [0.717, 1.165) is 5.56 Å². The Bertz CT molecular complexity index is 1130. The third-order valence-electron chi connectivity index (χ3n) is 4.04. The zero-order valence-electron chi connectivity index (χ0n) is 14.5. The largest absolute Gasteiger partial charge is 0.487 e. The van der Waals surface area contributed by atoms with Crippen molar-refractivity contribution >= 4 is 75.1 Å². The summed E-state index contributed by atoms with van der Waals surface area (Å²) in [6, 6.07) is 10.3. The van der Waals surface area contributed by atoms with Crippen molar-refractivity contribution in [1.29, 1.82) is 5.41 Å². The van der Waals surface area contributed by atoms with Crippen LogP contribution in [0.1, 0.15) is 11.1 Å². The summed E-state index contributed by atoms with van der Waals surface area (Å²) < 4.78 is 5.75. The normalized spacial score (nSPS) is 17.0. The fourth-order valence-corrected chi connectivity index (χ4v) is 3.79. The van der Waals surface area contributed by atoms with Crippen LogP contribution in [-0.2, 0) is 11.4 Å². The predicted octanol–water partition coefficient (Wildman–Crippen LogP) is 5.47. The van der Waals surface area contributed by atoms with E-state index < -0.39 is 5.91 Å². The number of rotatable bonds is 4. The molecule has 2 aliphatic heterocycles. The summed E-state index contributed by atoms with van der Waals surface area (Å²) in [6.45, 7) is 0.266. The molecule has 2 aromatic rings. The molecule has 2 aromatic carbocycles. The summed E-state index contributed by atoms with van der Waals surface area (Å²) in [5, 5.41) is 15.2. The lowest BCUT2D eigenvalue weighted by molar-refractivity contribution is -0.114. The fourth-order valence-electron chi connectivity index (χ4n) is 2.62. The van der Waals surface area contributed by atoms with E-state index in [4.69, 9.17) is 44.9 Å². The number of carbonyl (C=O) groups is 1. The van der Waals surface area contributed by atoms with Crippen molar-refractivity contribution in [2.75, 3.05) is 0 Å². The topological polar surface area (TPSA) is 78.1 Å². The first kappa shape index (κ1) is 20.0. The number of amidine groups is 2. The third kappa shape index (κ3) is 4.18. The molecular formula is C19H11Cl3N4O2S. The Morgan fingerprint density at radius 3 is 2.69 bits per heavy atom. The Labute approximate surface area is 185 Å². The first-order chi connectivity index (χ1) is 13.9. The predicted molar refractivity (Wildman–Crippen MR) is 118 cm³/mol. The van der Waals surface area contributed by atoms with Gasteiger partial charge in [-0.15, -0.1) is 0 Å². The Kier molecular flexibility index (Phi) is 5.65. The number of nitrogens with one attached hydrogen (secondary N) is 1.